The maximum atomic E-state index is 11.6. The lowest BCUT2D eigenvalue weighted by atomic mass is 10.0. The highest BCUT2D eigenvalue weighted by Crippen LogP contribution is 2.20. The molecule has 0 saturated heterocycles. The van der Waals surface area contributed by atoms with Gasteiger partial charge in [0.15, 0.2) is 0 Å². The van der Waals surface area contributed by atoms with Gasteiger partial charge in [0, 0.05) is 0 Å². The molecule has 0 aromatic heterocycles. The third-order valence-electron chi connectivity index (χ3n) is 5.51. The van der Waals surface area contributed by atoms with Gasteiger partial charge in [-0.15, -0.1) is 0 Å². The van der Waals surface area contributed by atoms with Crippen LogP contribution in [0, 0.1) is 0 Å². The van der Waals surface area contributed by atoms with Crippen LogP contribution in [0.1, 0.15) is 129 Å². The van der Waals surface area contributed by atoms with Gasteiger partial charge in [0.2, 0.25) is 0 Å². The Balaban J connectivity index is 3.83. The molecule has 5 heteroatoms. The minimum atomic E-state index is -4.17. The van der Waals surface area contributed by atoms with Crippen LogP contribution in [0.3, 0.4) is 0 Å². The molecular formula is C22H46O4S. The number of rotatable bonds is 20. The van der Waals surface area contributed by atoms with Crippen LogP contribution in [-0.2, 0) is 10.1 Å². The van der Waals surface area contributed by atoms with Crippen LogP contribution < -0.4 is 0 Å². The Labute approximate surface area is 169 Å². The van der Waals surface area contributed by atoms with Gasteiger partial charge >= 0.3 is 0 Å². The van der Waals surface area contributed by atoms with Crippen molar-refractivity contribution in [2.75, 3.05) is 0 Å². The van der Waals surface area contributed by atoms with E-state index >= 15 is 0 Å². The Morgan fingerprint density at radius 3 is 1.30 bits per heavy atom. The van der Waals surface area contributed by atoms with Crippen LogP contribution in [0.25, 0.3) is 0 Å². The highest BCUT2D eigenvalue weighted by Gasteiger charge is 2.29. The first-order valence-corrected chi connectivity index (χ1v) is 13.1. The van der Waals surface area contributed by atoms with Crippen molar-refractivity contribution < 1.29 is 18.1 Å². The van der Waals surface area contributed by atoms with Crippen LogP contribution in [0.2, 0.25) is 0 Å². The Kier molecular flexibility index (Phi) is 17.8. The molecule has 0 aliphatic carbocycles. The van der Waals surface area contributed by atoms with Crippen molar-refractivity contribution in [2.45, 2.75) is 141 Å². The first kappa shape index (κ1) is 26.9. The third-order valence-corrected chi connectivity index (χ3v) is 6.82. The second-order valence-corrected chi connectivity index (χ2v) is 9.78. The van der Waals surface area contributed by atoms with Crippen molar-refractivity contribution in [1.82, 2.24) is 0 Å². The maximum Gasteiger partial charge on any atom is 0.270 e. The normalized spacial score (nSPS) is 14.4. The van der Waals surface area contributed by atoms with E-state index in [1.807, 2.05) is 0 Å². The van der Waals surface area contributed by atoms with Gasteiger partial charge in [-0.2, -0.15) is 8.42 Å². The number of hydrogen-bond donors (Lipinski definition) is 2. The van der Waals surface area contributed by atoms with Crippen molar-refractivity contribution in [2.24, 2.45) is 0 Å². The summed E-state index contributed by atoms with van der Waals surface area (Å²) >= 11 is 0. The minimum absolute atomic E-state index is 0.367. The Morgan fingerprint density at radius 1 is 0.593 bits per heavy atom. The molecule has 0 fully saturated rings. The van der Waals surface area contributed by atoms with E-state index in [9.17, 15) is 18.1 Å². The molecule has 2 unspecified atom stereocenters. The average molecular weight is 407 g/mol. The molecule has 4 nitrogen and oxygen atoms in total. The van der Waals surface area contributed by atoms with Gasteiger partial charge < -0.3 is 5.11 Å². The van der Waals surface area contributed by atoms with Crippen LogP contribution in [0.15, 0.2) is 0 Å². The van der Waals surface area contributed by atoms with Crippen LogP contribution in [-0.4, -0.2) is 29.4 Å². The third kappa shape index (κ3) is 16.5. The molecule has 0 amide bonds. The van der Waals surface area contributed by atoms with E-state index in [4.69, 9.17) is 0 Å². The van der Waals surface area contributed by atoms with Crippen molar-refractivity contribution in [3.63, 3.8) is 0 Å². The summed E-state index contributed by atoms with van der Waals surface area (Å²) < 4.78 is 32.7. The molecule has 0 spiro atoms. The van der Waals surface area contributed by atoms with Crippen LogP contribution >= 0.6 is 0 Å². The lowest BCUT2D eigenvalue weighted by molar-refractivity contribution is 0.146. The number of unbranched alkanes of at least 4 members (excludes halogenated alkanes) is 14. The van der Waals surface area contributed by atoms with E-state index in [-0.39, 0.29) is 0 Å². The molecule has 0 aromatic carbocycles. The first-order chi connectivity index (χ1) is 12.9. The molecule has 0 aromatic rings. The summed E-state index contributed by atoms with van der Waals surface area (Å²) in [7, 11) is -4.17. The van der Waals surface area contributed by atoms with Crippen LogP contribution in [0.5, 0.6) is 0 Å². The predicted octanol–water partition coefficient (Wildman–Crippen LogP) is 6.67. The topological polar surface area (TPSA) is 74.6 Å². The van der Waals surface area contributed by atoms with Crippen molar-refractivity contribution in [3.8, 4) is 0 Å². The van der Waals surface area contributed by atoms with Gasteiger partial charge in [0.05, 0.1) is 6.10 Å². The quantitative estimate of drug-likeness (QED) is 0.175. The van der Waals surface area contributed by atoms with Gasteiger partial charge in [0.1, 0.15) is 5.25 Å². The zero-order valence-electron chi connectivity index (χ0n) is 18.0. The van der Waals surface area contributed by atoms with E-state index in [0.717, 1.165) is 44.9 Å². The smallest absolute Gasteiger partial charge is 0.270 e. The number of aliphatic hydroxyl groups excluding tert-OH is 1. The average Bonchev–Trinajstić information content (AvgIpc) is 2.61. The molecule has 0 radical (unpaired) electrons. The van der Waals surface area contributed by atoms with E-state index in [0.29, 0.717) is 12.8 Å². The summed E-state index contributed by atoms with van der Waals surface area (Å²) in [4.78, 5) is 0. The Morgan fingerprint density at radius 2 is 0.926 bits per heavy atom. The molecule has 0 bridgehead atoms. The van der Waals surface area contributed by atoms with Gasteiger partial charge in [-0.25, -0.2) is 0 Å². The molecule has 27 heavy (non-hydrogen) atoms. The summed E-state index contributed by atoms with van der Waals surface area (Å²) in [6, 6.07) is 0. The summed E-state index contributed by atoms with van der Waals surface area (Å²) in [6.07, 6.45) is 18.5. The highest BCUT2D eigenvalue weighted by atomic mass is 32.2. The zero-order valence-corrected chi connectivity index (χ0v) is 18.8. The molecule has 0 aliphatic rings. The van der Waals surface area contributed by atoms with Gasteiger partial charge in [-0.1, -0.05) is 117 Å². The summed E-state index contributed by atoms with van der Waals surface area (Å²) in [6.45, 7) is 4.38. The maximum absolute atomic E-state index is 11.6. The van der Waals surface area contributed by atoms with Crippen molar-refractivity contribution in [3.05, 3.63) is 0 Å². The highest BCUT2D eigenvalue weighted by molar-refractivity contribution is 7.86. The second-order valence-electron chi connectivity index (χ2n) is 8.15. The standard InChI is InChI=1S/C22H46O4S/c1-3-5-7-9-10-11-12-13-14-16-18-20-22(27(24,25)26)21(23)19-17-15-8-6-4-2/h21-23H,3-20H2,1-2H3,(H,24,25,26). The van der Waals surface area contributed by atoms with E-state index in [1.165, 1.54) is 57.8 Å². The number of hydrogen-bond acceptors (Lipinski definition) is 3. The SMILES string of the molecule is CCCCCCCCCCCCCC(C(O)CCCCCCC)S(=O)(=O)O. The number of aliphatic hydroxyl groups is 1. The largest absolute Gasteiger partial charge is 0.392 e. The fourth-order valence-electron chi connectivity index (χ4n) is 3.69. The molecule has 164 valence electrons. The van der Waals surface area contributed by atoms with Gasteiger partial charge in [-0.3, -0.25) is 4.55 Å². The summed E-state index contributed by atoms with van der Waals surface area (Å²) in [5, 5.41) is 9.21. The fraction of sp³-hybridized carbons (Fsp3) is 1.00. The molecular weight excluding hydrogens is 360 g/mol. The van der Waals surface area contributed by atoms with Crippen molar-refractivity contribution in [1.29, 1.82) is 0 Å². The summed E-state index contributed by atoms with van der Waals surface area (Å²) in [5.74, 6) is 0. The van der Waals surface area contributed by atoms with Gasteiger partial charge in [0.25, 0.3) is 10.1 Å². The fourth-order valence-corrected chi connectivity index (χ4v) is 4.69. The molecule has 0 aliphatic heterocycles. The summed E-state index contributed by atoms with van der Waals surface area (Å²) in [5.41, 5.74) is 0. The zero-order chi connectivity index (χ0) is 20.4. The van der Waals surface area contributed by atoms with Gasteiger partial charge in [-0.05, 0) is 12.8 Å². The molecule has 2 N–H and O–H groups in total. The molecule has 2 atom stereocenters. The molecule has 0 heterocycles. The Hall–Kier alpha value is -0.130. The lowest BCUT2D eigenvalue weighted by Gasteiger charge is -2.20. The molecule has 0 saturated carbocycles. The van der Waals surface area contributed by atoms with E-state index < -0.39 is 21.5 Å². The first-order valence-electron chi connectivity index (χ1n) is 11.6. The van der Waals surface area contributed by atoms with Crippen LogP contribution in [0.4, 0.5) is 0 Å². The van der Waals surface area contributed by atoms with Crippen molar-refractivity contribution >= 4 is 10.1 Å². The monoisotopic (exact) mass is 406 g/mol. The van der Waals surface area contributed by atoms with E-state index in [1.54, 1.807) is 0 Å². The second kappa shape index (κ2) is 17.9. The molecule has 0 rings (SSSR count). The lowest BCUT2D eigenvalue weighted by Crippen LogP contribution is -2.33. The minimum Gasteiger partial charge on any atom is -0.392 e. The Bertz CT molecular complexity index is 409. The predicted molar refractivity (Wildman–Crippen MR) is 116 cm³/mol. The van der Waals surface area contributed by atoms with E-state index in [2.05, 4.69) is 13.8 Å².